The van der Waals surface area contributed by atoms with Crippen molar-refractivity contribution in [3.63, 3.8) is 0 Å². The Balaban J connectivity index is 1.44. The van der Waals surface area contributed by atoms with Gasteiger partial charge >= 0.3 is 0 Å². The fraction of sp³-hybridized carbons (Fsp3) is 0.500. The van der Waals surface area contributed by atoms with Crippen molar-refractivity contribution in [1.29, 1.82) is 0 Å². The second kappa shape index (κ2) is 9.88. The van der Waals surface area contributed by atoms with Gasteiger partial charge in [-0.15, -0.1) is 0 Å². The predicted molar refractivity (Wildman–Crippen MR) is 137 cm³/mol. The number of sulfonamides is 1. The number of amides is 1. The number of anilines is 1. The lowest BCUT2D eigenvalue weighted by molar-refractivity contribution is -0.137. The average molecular weight is 504 g/mol. The Morgan fingerprint density at radius 2 is 1.56 bits per heavy atom. The number of aryl methyl sites for hydroxylation is 4. The van der Waals surface area contributed by atoms with Crippen LogP contribution in [0.5, 0.6) is 0 Å². The van der Waals surface area contributed by atoms with E-state index in [1.165, 1.54) is 9.87 Å². The van der Waals surface area contributed by atoms with Gasteiger partial charge in [0.05, 0.1) is 10.8 Å². The van der Waals surface area contributed by atoms with Crippen LogP contribution in [-0.4, -0.2) is 62.8 Å². The number of rotatable bonds is 4. The van der Waals surface area contributed by atoms with Gasteiger partial charge in [-0.2, -0.15) is 4.31 Å². The first-order valence-electron chi connectivity index (χ1n) is 12.0. The number of carbonyl (C=O) groups is 1. The number of benzene rings is 2. The fourth-order valence-electron chi connectivity index (χ4n) is 5.41. The van der Waals surface area contributed by atoms with E-state index in [0.717, 1.165) is 41.9 Å². The van der Waals surface area contributed by atoms with E-state index >= 15 is 0 Å². The first kappa shape index (κ1) is 25.0. The van der Waals surface area contributed by atoms with Crippen LogP contribution >= 0.6 is 11.6 Å². The van der Waals surface area contributed by atoms with Crippen molar-refractivity contribution in [2.45, 2.75) is 45.4 Å². The van der Waals surface area contributed by atoms with Crippen LogP contribution < -0.4 is 4.90 Å². The molecule has 2 aliphatic heterocycles. The Kier molecular flexibility index (Phi) is 7.27. The van der Waals surface area contributed by atoms with E-state index in [4.69, 9.17) is 11.6 Å². The van der Waals surface area contributed by atoms with Crippen LogP contribution in [0.3, 0.4) is 0 Å². The summed E-state index contributed by atoms with van der Waals surface area (Å²) in [6.45, 7) is 11.2. The molecule has 2 heterocycles. The summed E-state index contributed by atoms with van der Waals surface area (Å²) < 4.78 is 28.6. The average Bonchev–Trinajstić information content (AvgIpc) is 2.79. The van der Waals surface area contributed by atoms with E-state index < -0.39 is 10.0 Å². The van der Waals surface area contributed by atoms with Gasteiger partial charge in [-0.1, -0.05) is 35.4 Å². The van der Waals surface area contributed by atoms with Crippen molar-refractivity contribution in [1.82, 2.24) is 9.21 Å². The van der Waals surface area contributed by atoms with Gasteiger partial charge in [-0.3, -0.25) is 4.79 Å². The summed E-state index contributed by atoms with van der Waals surface area (Å²) in [4.78, 5) is 17.9. The molecule has 0 aliphatic carbocycles. The monoisotopic (exact) mass is 503 g/mol. The fourth-order valence-corrected chi connectivity index (χ4v) is 7.52. The maximum Gasteiger partial charge on any atom is 0.243 e. The summed E-state index contributed by atoms with van der Waals surface area (Å²) in [5, 5.41) is 0.710. The van der Waals surface area contributed by atoms with E-state index in [2.05, 4.69) is 11.8 Å². The minimum Gasteiger partial charge on any atom is -0.368 e. The van der Waals surface area contributed by atoms with Gasteiger partial charge in [0, 0.05) is 50.0 Å². The lowest BCUT2D eigenvalue weighted by atomic mass is 9.97. The normalized spacial score (nSPS) is 20.0. The van der Waals surface area contributed by atoms with Gasteiger partial charge in [0.2, 0.25) is 15.9 Å². The number of piperazine rings is 1. The Morgan fingerprint density at radius 3 is 2.21 bits per heavy atom. The molecule has 2 aliphatic rings. The standard InChI is InChI=1S/C26H34ClN3O3S/c1-18-14-20(3)25(21(4)15-18)34(32,33)30-9-5-6-22(17-30)26(31)29-12-10-28(11-13-29)24-16-23(27)8-7-19(24)2/h7-8,14-16,22H,5-6,9-13,17H2,1-4H3/t22-/m0/s1. The molecule has 2 aromatic rings. The topological polar surface area (TPSA) is 60.9 Å². The quantitative estimate of drug-likeness (QED) is 0.623. The van der Waals surface area contributed by atoms with Crippen molar-refractivity contribution in [2.75, 3.05) is 44.2 Å². The van der Waals surface area contributed by atoms with Gasteiger partial charge in [-0.05, 0) is 69.4 Å². The van der Waals surface area contributed by atoms with Crippen molar-refractivity contribution < 1.29 is 13.2 Å². The third-order valence-corrected chi connectivity index (χ3v) is 9.45. The smallest absolute Gasteiger partial charge is 0.243 e. The van der Waals surface area contributed by atoms with E-state index in [9.17, 15) is 13.2 Å². The van der Waals surface area contributed by atoms with Crippen LogP contribution in [0, 0.1) is 33.6 Å². The molecule has 184 valence electrons. The van der Waals surface area contributed by atoms with Gasteiger partial charge in [-0.25, -0.2) is 8.42 Å². The zero-order valence-electron chi connectivity index (χ0n) is 20.5. The number of hydrogen-bond donors (Lipinski definition) is 0. The van der Waals surface area contributed by atoms with Crippen molar-refractivity contribution >= 4 is 33.2 Å². The van der Waals surface area contributed by atoms with Crippen LogP contribution in [0.2, 0.25) is 5.02 Å². The second-order valence-electron chi connectivity index (χ2n) is 9.67. The lowest BCUT2D eigenvalue weighted by Crippen LogP contribution is -2.53. The molecule has 8 heteroatoms. The highest BCUT2D eigenvalue weighted by molar-refractivity contribution is 7.89. The Bertz CT molecular complexity index is 1170. The molecule has 0 bridgehead atoms. The molecule has 4 rings (SSSR count). The molecule has 2 aromatic carbocycles. The van der Waals surface area contributed by atoms with E-state index in [-0.39, 0.29) is 18.4 Å². The van der Waals surface area contributed by atoms with Crippen LogP contribution in [0.15, 0.2) is 35.2 Å². The van der Waals surface area contributed by atoms with Crippen molar-refractivity contribution in [3.05, 3.63) is 57.6 Å². The van der Waals surface area contributed by atoms with Gasteiger partial charge in [0.15, 0.2) is 0 Å². The molecule has 2 saturated heterocycles. The maximum atomic E-state index is 13.5. The molecule has 0 unspecified atom stereocenters. The Morgan fingerprint density at radius 1 is 0.912 bits per heavy atom. The highest BCUT2D eigenvalue weighted by Crippen LogP contribution is 2.30. The number of hydrogen-bond acceptors (Lipinski definition) is 4. The van der Waals surface area contributed by atoms with Crippen LogP contribution in [0.1, 0.15) is 35.1 Å². The first-order chi connectivity index (χ1) is 16.1. The summed E-state index contributed by atoms with van der Waals surface area (Å²) in [5.74, 6) is -0.228. The predicted octanol–water partition coefficient (Wildman–Crippen LogP) is 4.32. The molecule has 0 aromatic heterocycles. The molecule has 0 N–H and O–H groups in total. The molecule has 0 spiro atoms. The zero-order chi connectivity index (χ0) is 24.6. The summed E-state index contributed by atoms with van der Waals surface area (Å²) in [6, 6.07) is 9.71. The van der Waals surface area contributed by atoms with Gasteiger partial charge in [0.25, 0.3) is 0 Å². The third-order valence-electron chi connectivity index (χ3n) is 7.04. The summed E-state index contributed by atoms with van der Waals surface area (Å²) in [6.07, 6.45) is 1.42. The van der Waals surface area contributed by atoms with Crippen LogP contribution in [0.4, 0.5) is 5.69 Å². The highest BCUT2D eigenvalue weighted by Gasteiger charge is 2.37. The largest absolute Gasteiger partial charge is 0.368 e. The zero-order valence-corrected chi connectivity index (χ0v) is 22.0. The second-order valence-corrected chi connectivity index (χ2v) is 12.0. The van der Waals surface area contributed by atoms with Crippen molar-refractivity contribution in [3.8, 4) is 0 Å². The molecule has 6 nitrogen and oxygen atoms in total. The van der Waals surface area contributed by atoms with Gasteiger partial charge in [0.1, 0.15) is 0 Å². The molecule has 2 fully saturated rings. The van der Waals surface area contributed by atoms with Crippen LogP contribution in [0.25, 0.3) is 0 Å². The molecular weight excluding hydrogens is 470 g/mol. The molecule has 34 heavy (non-hydrogen) atoms. The Hall–Kier alpha value is -2.09. The SMILES string of the molecule is Cc1cc(C)c(S(=O)(=O)N2CCC[C@H](C(=O)N3CCN(c4cc(Cl)ccc4C)CC3)C2)c(C)c1. The third kappa shape index (κ3) is 4.97. The number of piperidine rings is 1. The minimum atomic E-state index is -3.65. The summed E-state index contributed by atoms with van der Waals surface area (Å²) in [5.41, 5.74) is 4.85. The van der Waals surface area contributed by atoms with Gasteiger partial charge < -0.3 is 9.80 Å². The number of nitrogens with zero attached hydrogens (tertiary/aromatic N) is 3. The number of carbonyl (C=O) groups excluding carboxylic acids is 1. The Labute approximate surface area is 208 Å². The molecule has 1 amide bonds. The van der Waals surface area contributed by atoms with E-state index in [1.54, 1.807) is 0 Å². The first-order valence-corrected chi connectivity index (χ1v) is 13.8. The number of halogens is 1. The molecule has 0 radical (unpaired) electrons. The molecular formula is C26H34ClN3O3S. The summed E-state index contributed by atoms with van der Waals surface area (Å²) >= 11 is 6.19. The molecule has 0 saturated carbocycles. The van der Waals surface area contributed by atoms with E-state index in [1.807, 2.05) is 56.0 Å². The van der Waals surface area contributed by atoms with E-state index in [0.29, 0.717) is 36.0 Å². The molecule has 1 atom stereocenters. The summed E-state index contributed by atoms with van der Waals surface area (Å²) in [7, 11) is -3.65. The van der Waals surface area contributed by atoms with Crippen LogP contribution in [-0.2, 0) is 14.8 Å². The maximum absolute atomic E-state index is 13.5. The highest BCUT2D eigenvalue weighted by atomic mass is 35.5. The minimum absolute atomic E-state index is 0.0692. The van der Waals surface area contributed by atoms with Crippen molar-refractivity contribution in [2.24, 2.45) is 5.92 Å². The lowest BCUT2D eigenvalue weighted by Gasteiger charge is -2.40.